The van der Waals surface area contributed by atoms with Crippen molar-refractivity contribution in [3.05, 3.63) is 101 Å². The number of hydrogen-bond donors (Lipinski definition) is 2. The summed E-state index contributed by atoms with van der Waals surface area (Å²) in [6, 6.07) is 20.9. The van der Waals surface area contributed by atoms with Crippen molar-refractivity contribution in [3.63, 3.8) is 0 Å². The highest BCUT2D eigenvalue weighted by Gasteiger charge is 2.41. The van der Waals surface area contributed by atoms with E-state index in [-0.39, 0.29) is 11.3 Å². The Hall–Kier alpha value is -3.71. The Bertz CT molecular complexity index is 1200. The fraction of sp³-hybridized carbons (Fsp3) is 0.154. The van der Waals surface area contributed by atoms with Gasteiger partial charge in [0.2, 0.25) is 0 Å². The van der Waals surface area contributed by atoms with E-state index in [0.29, 0.717) is 29.0 Å². The lowest BCUT2D eigenvalue weighted by Gasteiger charge is -2.27. The second-order valence-electron chi connectivity index (χ2n) is 7.60. The number of carboxylic acids is 1. The highest BCUT2D eigenvalue weighted by Crippen LogP contribution is 2.44. The lowest BCUT2D eigenvalue weighted by atomic mass is 9.92. The van der Waals surface area contributed by atoms with Gasteiger partial charge in [0.25, 0.3) is 5.91 Å². The van der Waals surface area contributed by atoms with Crippen LogP contribution in [0.25, 0.3) is 5.57 Å². The molecular weight excluding hydrogens is 438 g/mol. The van der Waals surface area contributed by atoms with Gasteiger partial charge < -0.3 is 19.8 Å². The molecule has 6 nitrogen and oxygen atoms in total. The van der Waals surface area contributed by atoms with E-state index in [0.717, 1.165) is 10.5 Å². The number of carbonyl (C=O) groups is 2. The second kappa shape index (κ2) is 9.42. The molecule has 1 unspecified atom stereocenters. The summed E-state index contributed by atoms with van der Waals surface area (Å²) < 4.78 is 5.23. The molecule has 0 bridgehead atoms. The molecule has 1 aliphatic rings. The van der Waals surface area contributed by atoms with Crippen LogP contribution >= 0.6 is 11.8 Å². The number of benzene rings is 3. The molecule has 1 amide bonds. The van der Waals surface area contributed by atoms with Gasteiger partial charge in [-0.25, -0.2) is 4.79 Å². The van der Waals surface area contributed by atoms with Gasteiger partial charge in [-0.1, -0.05) is 36.4 Å². The zero-order valence-electron chi connectivity index (χ0n) is 18.2. The van der Waals surface area contributed by atoms with Crippen LogP contribution in [0.2, 0.25) is 0 Å². The van der Waals surface area contributed by atoms with Crippen LogP contribution in [-0.4, -0.2) is 40.4 Å². The van der Waals surface area contributed by atoms with Crippen molar-refractivity contribution in [3.8, 4) is 5.75 Å². The standard InChI is InChI=1S/C26H23NO5S/c1-32-20-11-9-17(10-12-20)22-23(18-5-7-19(8-6-18)26(30)31)27(25(29)24(22)28)15-16-3-13-21(33-2)14-4-16/h3-14,23,28H,15H2,1-2H3,(H,30,31). The minimum atomic E-state index is -1.02. The van der Waals surface area contributed by atoms with Crippen molar-refractivity contribution in [1.29, 1.82) is 0 Å². The largest absolute Gasteiger partial charge is 0.503 e. The van der Waals surface area contributed by atoms with Crippen LogP contribution in [0.15, 0.2) is 83.5 Å². The van der Waals surface area contributed by atoms with Crippen LogP contribution in [0.3, 0.4) is 0 Å². The number of nitrogens with zero attached hydrogens (tertiary/aromatic N) is 1. The Morgan fingerprint density at radius 1 is 1.00 bits per heavy atom. The molecule has 0 aromatic heterocycles. The molecule has 0 radical (unpaired) electrons. The fourth-order valence-electron chi connectivity index (χ4n) is 3.96. The first-order valence-corrected chi connectivity index (χ1v) is 11.5. The maximum absolute atomic E-state index is 13.2. The van der Waals surface area contributed by atoms with Crippen LogP contribution in [0, 0.1) is 0 Å². The Kier molecular flexibility index (Phi) is 6.42. The maximum Gasteiger partial charge on any atom is 0.335 e. The van der Waals surface area contributed by atoms with Crippen molar-refractivity contribution in [2.24, 2.45) is 0 Å². The molecule has 3 aromatic carbocycles. The first-order valence-electron chi connectivity index (χ1n) is 10.3. The van der Waals surface area contributed by atoms with E-state index in [4.69, 9.17) is 4.74 Å². The van der Waals surface area contributed by atoms with Crippen LogP contribution in [-0.2, 0) is 11.3 Å². The maximum atomic E-state index is 13.2. The second-order valence-corrected chi connectivity index (χ2v) is 8.48. The molecule has 0 saturated heterocycles. The van der Waals surface area contributed by atoms with Crippen molar-refractivity contribution >= 4 is 29.2 Å². The lowest BCUT2D eigenvalue weighted by molar-refractivity contribution is -0.130. The third-order valence-electron chi connectivity index (χ3n) is 5.69. The van der Waals surface area contributed by atoms with Gasteiger partial charge in [0.1, 0.15) is 5.75 Å². The molecule has 33 heavy (non-hydrogen) atoms. The lowest BCUT2D eigenvalue weighted by Crippen LogP contribution is -2.29. The van der Waals surface area contributed by atoms with Gasteiger partial charge in [0.05, 0.1) is 18.7 Å². The van der Waals surface area contributed by atoms with E-state index in [1.165, 1.54) is 12.1 Å². The van der Waals surface area contributed by atoms with Gasteiger partial charge in [-0.05, 0) is 59.3 Å². The average Bonchev–Trinajstić information content (AvgIpc) is 3.09. The number of hydrogen-bond acceptors (Lipinski definition) is 5. The first-order chi connectivity index (χ1) is 15.9. The van der Waals surface area contributed by atoms with Crippen molar-refractivity contribution in [2.75, 3.05) is 13.4 Å². The minimum Gasteiger partial charge on any atom is -0.503 e. The molecule has 2 N–H and O–H groups in total. The van der Waals surface area contributed by atoms with Crippen LogP contribution in [0.4, 0.5) is 0 Å². The topological polar surface area (TPSA) is 87.1 Å². The number of amides is 1. The Balaban J connectivity index is 1.77. The zero-order valence-corrected chi connectivity index (χ0v) is 19.0. The highest BCUT2D eigenvalue weighted by atomic mass is 32.2. The van der Waals surface area contributed by atoms with Crippen LogP contribution in [0.1, 0.15) is 33.1 Å². The van der Waals surface area contributed by atoms with E-state index in [1.807, 2.05) is 30.5 Å². The van der Waals surface area contributed by atoms with Gasteiger partial charge >= 0.3 is 5.97 Å². The Morgan fingerprint density at radius 3 is 2.18 bits per heavy atom. The molecule has 0 fully saturated rings. The zero-order chi connectivity index (χ0) is 23.5. The average molecular weight is 462 g/mol. The quantitative estimate of drug-likeness (QED) is 0.472. The molecule has 0 aliphatic carbocycles. The summed E-state index contributed by atoms with van der Waals surface area (Å²) in [4.78, 5) is 27.2. The van der Waals surface area contributed by atoms with Gasteiger partial charge in [0.15, 0.2) is 5.76 Å². The number of rotatable bonds is 7. The minimum absolute atomic E-state index is 0.154. The third-order valence-corrected chi connectivity index (χ3v) is 6.43. The summed E-state index contributed by atoms with van der Waals surface area (Å²) in [6.45, 7) is 0.294. The third kappa shape index (κ3) is 4.45. The number of ether oxygens (including phenoxy) is 1. The van der Waals surface area contributed by atoms with E-state index in [1.54, 1.807) is 60.2 Å². The number of aromatic carboxylic acids is 1. The molecule has 168 valence electrons. The molecule has 0 saturated carbocycles. The number of aliphatic hydroxyl groups excluding tert-OH is 1. The van der Waals surface area contributed by atoms with Gasteiger partial charge in [-0.15, -0.1) is 11.8 Å². The van der Waals surface area contributed by atoms with Crippen LogP contribution in [0.5, 0.6) is 5.75 Å². The molecular formula is C26H23NO5S. The van der Waals surface area contributed by atoms with Gasteiger partial charge in [0, 0.05) is 17.0 Å². The molecule has 3 aromatic rings. The molecule has 1 heterocycles. The fourth-order valence-corrected chi connectivity index (χ4v) is 4.37. The normalized spacial score (nSPS) is 15.8. The molecule has 1 atom stereocenters. The summed E-state index contributed by atoms with van der Waals surface area (Å²) in [5.74, 6) is -1.14. The molecule has 1 aliphatic heterocycles. The Labute approximate surface area is 196 Å². The first kappa shape index (κ1) is 22.5. The van der Waals surface area contributed by atoms with E-state index in [9.17, 15) is 19.8 Å². The van der Waals surface area contributed by atoms with E-state index in [2.05, 4.69) is 0 Å². The summed E-state index contributed by atoms with van der Waals surface area (Å²) in [5.41, 5.74) is 2.96. The number of thioether (sulfide) groups is 1. The van der Waals surface area contributed by atoms with E-state index >= 15 is 0 Å². The predicted octanol–water partition coefficient (Wildman–Crippen LogP) is 5.17. The van der Waals surface area contributed by atoms with Crippen LogP contribution < -0.4 is 4.74 Å². The van der Waals surface area contributed by atoms with Crippen molar-refractivity contribution in [2.45, 2.75) is 17.5 Å². The summed E-state index contributed by atoms with van der Waals surface area (Å²) in [5, 5.41) is 20.2. The summed E-state index contributed by atoms with van der Waals surface area (Å²) >= 11 is 1.64. The monoisotopic (exact) mass is 461 g/mol. The summed E-state index contributed by atoms with van der Waals surface area (Å²) in [6.07, 6.45) is 2.00. The summed E-state index contributed by atoms with van der Waals surface area (Å²) in [7, 11) is 1.57. The highest BCUT2D eigenvalue weighted by molar-refractivity contribution is 7.98. The smallest absolute Gasteiger partial charge is 0.335 e. The SMILES string of the molecule is COc1ccc(C2=C(O)C(=O)N(Cc3ccc(SC)cc3)C2c2ccc(C(=O)O)cc2)cc1. The van der Waals surface area contributed by atoms with Crippen molar-refractivity contribution in [1.82, 2.24) is 4.90 Å². The van der Waals surface area contributed by atoms with Crippen molar-refractivity contribution < 1.29 is 24.5 Å². The molecule has 7 heteroatoms. The van der Waals surface area contributed by atoms with Gasteiger partial charge in [-0.3, -0.25) is 4.79 Å². The number of methoxy groups -OCH3 is 1. The molecule has 4 rings (SSSR count). The van der Waals surface area contributed by atoms with E-state index < -0.39 is 17.9 Å². The number of carbonyl (C=O) groups excluding carboxylic acids is 1. The number of aliphatic hydroxyl groups is 1. The number of carboxylic acid groups (broad SMARTS) is 1. The molecule has 0 spiro atoms. The van der Waals surface area contributed by atoms with Gasteiger partial charge in [-0.2, -0.15) is 0 Å². The Morgan fingerprint density at radius 2 is 1.64 bits per heavy atom. The predicted molar refractivity (Wildman–Crippen MR) is 127 cm³/mol.